The summed E-state index contributed by atoms with van der Waals surface area (Å²) in [5.74, 6) is 0.631. The Morgan fingerprint density at radius 2 is 1.84 bits per heavy atom. The summed E-state index contributed by atoms with van der Waals surface area (Å²) in [7, 11) is 0. The molecule has 2 aromatic heterocycles. The lowest BCUT2D eigenvalue weighted by Crippen LogP contribution is -2.34. The second-order valence-electron chi connectivity index (χ2n) is 8.25. The smallest absolute Gasteiger partial charge is 0.341 e. The number of fused-ring (bicyclic) bond motifs is 1. The largest absolute Gasteiger partial charge is 0.416 e. The van der Waals surface area contributed by atoms with Crippen LogP contribution in [0.2, 0.25) is 0 Å². The van der Waals surface area contributed by atoms with Crippen molar-refractivity contribution in [3.8, 4) is 11.4 Å². The number of ketones is 1. The number of hydrogen-bond acceptors (Lipinski definition) is 4. The molecule has 1 N–H and O–H groups in total. The van der Waals surface area contributed by atoms with Crippen LogP contribution in [0.3, 0.4) is 0 Å². The van der Waals surface area contributed by atoms with Crippen LogP contribution in [-0.2, 0) is 12.7 Å². The van der Waals surface area contributed by atoms with Gasteiger partial charge in [0.25, 0.3) is 0 Å². The maximum absolute atomic E-state index is 12.8. The molecule has 3 heterocycles. The minimum absolute atomic E-state index is 0.0711. The van der Waals surface area contributed by atoms with E-state index in [2.05, 4.69) is 24.4 Å². The van der Waals surface area contributed by atoms with Gasteiger partial charge in [0.1, 0.15) is 11.5 Å². The van der Waals surface area contributed by atoms with E-state index >= 15 is 0 Å². The molecule has 0 bridgehead atoms. The fourth-order valence-electron chi connectivity index (χ4n) is 4.42. The highest BCUT2D eigenvalue weighted by atomic mass is 19.4. The highest BCUT2D eigenvalue weighted by Crippen LogP contribution is 2.31. The Hall–Kier alpha value is -3.20. The molecule has 1 aliphatic carbocycles. The number of allylic oxidation sites excluding steroid dienone is 1. The third-order valence-corrected chi connectivity index (χ3v) is 6.13. The summed E-state index contributed by atoms with van der Waals surface area (Å²) in [5.41, 5.74) is 2.36. The first-order chi connectivity index (χ1) is 15.4. The van der Waals surface area contributed by atoms with Gasteiger partial charge in [-0.25, -0.2) is 9.97 Å². The molecule has 0 spiro atoms. The third kappa shape index (κ3) is 4.00. The van der Waals surface area contributed by atoms with Gasteiger partial charge in [-0.05, 0) is 31.1 Å². The van der Waals surface area contributed by atoms with E-state index in [4.69, 9.17) is 0 Å². The Morgan fingerprint density at radius 1 is 1.09 bits per heavy atom. The number of rotatable bonds is 4. The van der Waals surface area contributed by atoms with Gasteiger partial charge in [-0.3, -0.25) is 9.69 Å². The monoisotopic (exact) mass is 441 g/mol. The fraction of sp³-hybridized carbons (Fsp3) is 0.348. The summed E-state index contributed by atoms with van der Waals surface area (Å²) < 4.78 is 40.4. The average Bonchev–Trinajstić information content (AvgIpc) is 3.42. The number of carbonyl (C=O) groups excluding carboxylic acids is 1. The minimum Gasteiger partial charge on any atom is -0.341 e. The summed E-state index contributed by atoms with van der Waals surface area (Å²) in [5, 5.41) is 0. The van der Waals surface area contributed by atoms with Crippen LogP contribution >= 0.6 is 0 Å². The molecule has 6 nitrogen and oxygen atoms in total. The van der Waals surface area contributed by atoms with Gasteiger partial charge in [0.2, 0.25) is 0 Å². The van der Waals surface area contributed by atoms with Gasteiger partial charge >= 0.3 is 6.18 Å². The molecule has 0 atom stereocenters. The van der Waals surface area contributed by atoms with E-state index < -0.39 is 11.7 Å². The number of imidazole rings is 2. The van der Waals surface area contributed by atoms with Crippen molar-refractivity contribution >= 4 is 11.9 Å². The number of H-pyrrole nitrogens is 1. The van der Waals surface area contributed by atoms with Crippen molar-refractivity contribution in [2.75, 3.05) is 13.1 Å². The molecule has 166 valence electrons. The van der Waals surface area contributed by atoms with E-state index in [0.717, 1.165) is 49.5 Å². The van der Waals surface area contributed by atoms with Crippen LogP contribution in [0.5, 0.6) is 0 Å². The molecule has 0 unspecified atom stereocenters. The molecule has 5 rings (SSSR count). The first-order valence-corrected chi connectivity index (χ1v) is 10.6. The summed E-state index contributed by atoms with van der Waals surface area (Å²) in [6.07, 6.45) is 5.37. The number of alkyl halides is 3. The molecular formula is C23H22F3N5O. The van der Waals surface area contributed by atoms with Crippen molar-refractivity contribution in [1.82, 2.24) is 24.4 Å². The van der Waals surface area contributed by atoms with Crippen molar-refractivity contribution in [2.45, 2.75) is 38.0 Å². The summed E-state index contributed by atoms with van der Waals surface area (Å²) in [4.78, 5) is 26.2. The van der Waals surface area contributed by atoms with E-state index in [9.17, 15) is 18.0 Å². The molecule has 0 radical (unpaired) electrons. The lowest BCUT2D eigenvalue weighted by molar-refractivity contribution is -0.137. The number of aromatic amines is 1. The Morgan fingerprint density at radius 3 is 2.56 bits per heavy atom. The Labute approximate surface area is 182 Å². The second-order valence-corrected chi connectivity index (χ2v) is 8.25. The Kier molecular flexibility index (Phi) is 5.21. The number of Topliss-reactive ketones (excluding diaryl/α,β-unsaturated/α-hetero) is 1. The number of likely N-dealkylation sites (tertiary alicyclic amines) is 1. The number of nitrogens with zero attached hydrogens (tertiary/aromatic N) is 4. The van der Waals surface area contributed by atoms with Crippen LogP contribution in [0.1, 0.15) is 52.7 Å². The van der Waals surface area contributed by atoms with Gasteiger partial charge in [0.05, 0.1) is 17.6 Å². The van der Waals surface area contributed by atoms with Gasteiger partial charge in [-0.15, -0.1) is 0 Å². The standard InChI is InChI=1S/C23H22F3N5O/c24-23(25,26)16-6-4-15(5-7-16)22-27-12-17(29-22)13-30-10-8-18(9-11-30)31-14-28-21-19(31)2-1-3-20(21)32/h1-2,4-7,12,14,18H,3,8-11,13H2,(H,27,29). The Balaban J connectivity index is 1.20. The number of nitrogens with one attached hydrogen (secondary N) is 1. The lowest BCUT2D eigenvalue weighted by Gasteiger charge is -2.32. The van der Waals surface area contributed by atoms with E-state index in [0.29, 0.717) is 36.1 Å². The van der Waals surface area contributed by atoms with Crippen molar-refractivity contribution in [1.29, 1.82) is 0 Å². The van der Waals surface area contributed by atoms with Gasteiger partial charge in [0.15, 0.2) is 5.78 Å². The zero-order valence-electron chi connectivity index (χ0n) is 17.3. The van der Waals surface area contributed by atoms with Crippen molar-refractivity contribution in [2.24, 2.45) is 0 Å². The number of carbonyl (C=O) groups is 1. The van der Waals surface area contributed by atoms with Gasteiger partial charge < -0.3 is 9.55 Å². The molecular weight excluding hydrogens is 419 g/mol. The fourth-order valence-corrected chi connectivity index (χ4v) is 4.42. The first-order valence-electron chi connectivity index (χ1n) is 10.6. The van der Waals surface area contributed by atoms with Crippen LogP contribution < -0.4 is 0 Å². The number of piperidine rings is 1. The zero-order valence-corrected chi connectivity index (χ0v) is 17.3. The first kappa shape index (κ1) is 20.7. The van der Waals surface area contributed by atoms with E-state index in [1.807, 2.05) is 12.2 Å². The van der Waals surface area contributed by atoms with Crippen LogP contribution in [0.25, 0.3) is 17.5 Å². The summed E-state index contributed by atoms with van der Waals surface area (Å²) in [6.45, 7) is 2.48. The third-order valence-electron chi connectivity index (χ3n) is 6.13. The molecule has 1 aliphatic heterocycles. The maximum atomic E-state index is 12.8. The van der Waals surface area contributed by atoms with Crippen molar-refractivity contribution in [3.63, 3.8) is 0 Å². The maximum Gasteiger partial charge on any atom is 0.416 e. The van der Waals surface area contributed by atoms with Crippen molar-refractivity contribution in [3.05, 3.63) is 65.5 Å². The number of benzene rings is 1. The van der Waals surface area contributed by atoms with Crippen LogP contribution in [-0.4, -0.2) is 43.3 Å². The second kappa shape index (κ2) is 8.05. The summed E-state index contributed by atoms with van der Waals surface area (Å²) in [6, 6.07) is 5.31. The molecule has 1 aromatic carbocycles. The normalized spacial score (nSPS) is 17.7. The SMILES string of the molecule is O=C1CC=Cc2c1ncn2C1CCN(Cc2cnc(-c3ccc(C(F)(F)F)cc3)[nH]2)CC1. The predicted molar refractivity (Wildman–Crippen MR) is 113 cm³/mol. The lowest BCUT2D eigenvalue weighted by atomic mass is 10.0. The molecule has 1 fully saturated rings. The number of halogens is 3. The Bertz CT molecular complexity index is 1150. The number of hydrogen-bond donors (Lipinski definition) is 1. The molecule has 1 saturated heterocycles. The summed E-state index contributed by atoms with van der Waals surface area (Å²) >= 11 is 0. The van der Waals surface area contributed by atoms with Crippen LogP contribution in [0.4, 0.5) is 13.2 Å². The van der Waals surface area contributed by atoms with Gasteiger partial charge in [0, 0.05) is 49.6 Å². The zero-order chi connectivity index (χ0) is 22.3. The number of aromatic nitrogens is 4. The van der Waals surface area contributed by atoms with Crippen LogP contribution in [0.15, 0.2) is 42.9 Å². The van der Waals surface area contributed by atoms with E-state index in [1.165, 1.54) is 12.1 Å². The highest BCUT2D eigenvalue weighted by Gasteiger charge is 2.30. The van der Waals surface area contributed by atoms with E-state index in [-0.39, 0.29) is 5.78 Å². The topological polar surface area (TPSA) is 66.8 Å². The quantitative estimate of drug-likeness (QED) is 0.636. The minimum atomic E-state index is -4.35. The van der Waals surface area contributed by atoms with Crippen LogP contribution in [0, 0.1) is 0 Å². The van der Waals surface area contributed by atoms with Crippen molar-refractivity contribution < 1.29 is 18.0 Å². The molecule has 0 amide bonds. The highest BCUT2D eigenvalue weighted by molar-refractivity contribution is 6.00. The predicted octanol–water partition coefficient (Wildman–Crippen LogP) is 4.73. The van der Waals surface area contributed by atoms with Gasteiger partial charge in [-0.1, -0.05) is 18.2 Å². The molecule has 9 heteroatoms. The molecule has 3 aromatic rings. The molecule has 32 heavy (non-hydrogen) atoms. The van der Waals surface area contributed by atoms with Gasteiger partial charge in [-0.2, -0.15) is 13.2 Å². The average molecular weight is 441 g/mol. The molecule has 2 aliphatic rings. The molecule has 0 saturated carbocycles. The van der Waals surface area contributed by atoms with E-state index in [1.54, 1.807) is 12.5 Å².